The zero-order valence-corrected chi connectivity index (χ0v) is 12.2. The lowest BCUT2D eigenvalue weighted by Gasteiger charge is -2.31. The van der Waals surface area contributed by atoms with Gasteiger partial charge in [-0.2, -0.15) is 0 Å². The predicted molar refractivity (Wildman–Crippen MR) is 71.0 cm³/mol. The van der Waals surface area contributed by atoms with E-state index in [1.165, 1.54) is 0 Å². The quantitative estimate of drug-likeness (QED) is 0.818. The fraction of sp³-hybridized carbons (Fsp3) is 0.846. The number of hydrogen-bond acceptors (Lipinski definition) is 3. The van der Waals surface area contributed by atoms with Gasteiger partial charge in [0.05, 0.1) is 12.0 Å². The van der Waals surface area contributed by atoms with Gasteiger partial charge in [0.15, 0.2) is 0 Å². The number of carbonyl (C=O) groups excluding carboxylic acids is 1. The van der Waals surface area contributed by atoms with Crippen molar-refractivity contribution in [3.63, 3.8) is 0 Å². The Labute approximate surface area is 114 Å². The Bertz CT molecular complexity index is 346. The van der Waals surface area contributed by atoms with Gasteiger partial charge in [-0.05, 0) is 27.2 Å². The Balaban J connectivity index is 2.69. The van der Waals surface area contributed by atoms with Crippen LogP contribution in [0.25, 0.3) is 0 Å². The summed E-state index contributed by atoms with van der Waals surface area (Å²) in [5, 5.41) is 9.19. The molecule has 6 heteroatoms. The third-order valence-electron chi connectivity index (χ3n) is 3.67. The van der Waals surface area contributed by atoms with E-state index in [2.05, 4.69) is 0 Å². The molecule has 0 aliphatic carbocycles. The summed E-state index contributed by atoms with van der Waals surface area (Å²) >= 11 is 0. The maximum atomic E-state index is 12.4. The first-order chi connectivity index (χ1) is 8.81. The highest BCUT2D eigenvalue weighted by molar-refractivity contribution is 5.79. The largest absolute Gasteiger partial charge is 0.481 e. The summed E-state index contributed by atoms with van der Waals surface area (Å²) in [6, 6.07) is -0.0311. The maximum absolute atomic E-state index is 12.4. The van der Waals surface area contributed by atoms with Crippen LogP contribution in [0, 0.1) is 5.41 Å². The molecule has 2 amide bonds. The van der Waals surface area contributed by atoms with Crippen molar-refractivity contribution in [3.8, 4) is 0 Å². The Morgan fingerprint density at radius 3 is 2.53 bits per heavy atom. The van der Waals surface area contributed by atoms with Crippen molar-refractivity contribution >= 4 is 12.0 Å². The molecule has 0 spiro atoms. The lowest BCUT2D eigenvalue weighted by Crippen LogP contribution is -2.47. The summed E-state index contributed by atoms with van der Waals surface area (Å²) in [5.41, 5.74) is -0.820. The number of carboxylic acid groups (broad SMARTS) is 1. The van der Waals surface area contributed by atoms with Crippen LogP contribution in [0.2, 0.25) is 0 Å². The molecule has 1 aliphatic rings. The molecular weight excluding hydrogens is 248 g/mol. The number of rotatable bonds is 5. The van der Waals surface area contributed by atoms with E-state index in [1.54, 1.807) is 23.8 Å². The van der Waals surface area contributed by atoms with Crippen molar-refractivity contribution in [3.05, 3.63) is 0 Å². The van der Waals surface area contributed by atoms with E-state index >= 15 is 0 Å². The number of methoxy groups -OCH3 is 1. The number of likely N-dealkylation sites (tertiary alicyclic amines) is 1. The van der Waals surface area contributed by atoms with Gasteiger partial charge in [0.25, 0.3) is 0 Å². The van der Waals surface area contributed by atoms with E-state index in [4.69, 9.17) is 4.74 Å². The van der Waals surface area contributed by atoms with Crippen LogP contribution < -0.4 is 0 Å². The van der Waals surface area contributed by atoms with Gasteiger partial charge in [-0.1, -0.05) is 0 Å². The minimum absolute atomic E-state index is 0.0688. The fourth-order valence-corrected chi connectivity index (χ4v) is 2.24. The molecule has 1 heterocycles. The Morgan fingerprint density at radius 1 is 1.47 bits per heavy atom. The summed E-state index contributed by atoms with van der Waals surface area (Å²) < 4.78 is 5.01. The van der Waals surface area contributed by atoms with Crippen LogP contribution in [0.3, 0.4) is 0 Å². The zero-order chi connectivity index (χ0) is 14.6. The number of aliphatic carboxylic acids is 1. The molecule has 1 saturated heterocycles. The number of nitrogens with zero attached hydrogens (tertiary/aromatic N) is 2. The van der Waals surface area contributed by atoms with Crippen LogP contribution in [0.4, 0.5) is 4.79 Å². The lowest BCUT2D eigenvalue weighted by atomic mass is 9.90. The molecule has 1 fully saturated rings. The van der Waals surface area contributed by atoms with Crippen molar-refractivity contribution in [2.45, 2.75) is 33.2 Å². The van der Waals surface area contributed by atoms with Gasteiger partial charge in [-0.25, -0.2) is 4.79 Å². The first-order valence-corrected chi connectivity index (χ1v) is 6.59. The smallest absolute Gasteiger partial charge is 0.320 e. The predicted octanol–water partition coefficient (Wildman–Crippen LogP) is 1.26. The summed E-state index contributed by atoms with van der Waals surface area (Å²) in [7, 11) is 1.60. The first-order valence-electron chi connectivity index (χ1n) is 6.59. The first kappa shape index (κ1) is 15.8. The monoisotopic (exact) mass is 272 g/mol. The molecule has 0 bridgehead atoms. The van der Waals surface area contributed by atoms with Gasteiger partial charge in [-0.15, -0.1) is 0 Å². The van der Waals surface area contributed by atoms with E-state index in [0.29, 0.717) is 26.1 Å². The Hall–Kier alpha value is -1.30. The van der Waals surface area contributed by atoms with Crippen LogP contribution in [-0.4, -0.2) is 66.3 Å². The molecule has 0 aromatic heterocycles. The minimum atomic E-state index is -0.837. The standard InChI is InChI=1S/C13H24N2O4/c1-10(2)15(7-8-19-4)12(18)14-6-5-13(3,9-14)11(16)17/h10H,5-9H2,1-4H3,(H,16,17). The summed E-state index contributed by atoms with van der Waals surface area (Å²) in [5.74, 6) is -0.837. The van der Waals surface area contributed by atoms with Crippen molar-refractivity contribution in [1.29, 1.82) is 0 Å². The molecule has 1 aliphatic heterocycles. The van der Waals surface area contributed by atoms with Crippen LogP contribution in [0.15, 0.2) is 0 Å². The SMILES string of the molecule is COCCN(C(=O)N1CCC(C)(C(=O)O)C1)C(C)C. The molecule has 0 aromatic carbocycles. The Morgan fingerprint density at radius 2 is 2.11 bits per heavy atom. The second kappa shape index (κ2) is 6.23. The van der Waals surface area contributed by atoms with E-state index in [-0.39, 0.29) is 18.6 Å². The molecule has 0 saturated carbocycles. The molecule has 1 atom stereocenters. The van der Waals surface area contributed by atoms with Gasteiger partial charge in [-0.3, -0.25) is 4.79 Å². The molecule has 110 valence electrons. The average Bonchev–Trinajstić information content (AvgIpc) is 2.73. The van der Waals surface area contributed by atoms with Crippen molar-refractivity contribution in [2.75, 3.05) is 33.4 Å². The van der Waals surface area contributed by atoms with Crippen LogP contribution in [-0.2, 0) is 9.53 Å². The summed E-state index contributed by atoms with van der Waals surface area (Å²) in [6.07, 6.45) is 0.504. The molecule has 6 nitrogen and oxygen atoms in total. The van der Waals surface area contributed by atoms with E-state index in [0.717, 1.165) is 0 Å². The van der Waals surface area contributed by atoms with Gasteiger partial charge >= 0.3 is 12.0 Å². The zero-order valence-electron chi connectivity index (χ0n) is 12.2. The van der Waals surface area contributed by atoms with Gasteiger partial charge < -0.3 is 19.6 Å². The van der Waals surface area contributed by atoms with Crippen molar-refractivity contribution < 1.29 is 19.4 Å². The van der Waals surface area contributed by atoms with Gasteiger partial charge in [0.1, 0.15) is 0 Å². The third-order valence-corrected chi connectivity index (χ3v) is 3.67. The highest BCUT2D eigenvalue weighted by Crippen LogP contribution is 2.30. The third kappa shape index (κ3) is 3.59. The molecule has 0 aromatic rings. The number of carboxylic acids is 1. The van der Waals surface area contributed by atoms with Crippen LogP contribution in [0.1, 0.15) is 27.2 Å². The maximum Gasteiger partial charge on any atom is 0.320 e. The molecule has 0 radical (unpaired) electrons. The normalized spacial score (nSPS) is 22.9. The van der Waals surface area contributed by atoms with E-state index in [1.807, 2.05) is 13.8 Å². The van der Waals surface area contributed by atoms with Crippen molar-refractivity contribution in [2.24, 2.45) is 5.41 Å². The number of urea groups is 1. The molecule has 19 heavy (non-hydrogen) atoms. The number of amides is 2. The highest BCUT2D eigenvalue weighted by atomic mass is 16.5. The second-order valence-electron chi connectivity index (χ2n) is 5.60. The molecule has 1 rings (SSSR count). The van der Waals surface area contributed by atoms with Crippen LogP contribution in [0.5, 0.6) is 0 Å². The van der Waals surface area contributed by atoms with Crippen molar-refractivity contribution in [1.82, 2.24) is 9.80 Å². The van der Waals surface area contributed by atoms with Crippen LogP contribution >= 0.6 is 0 Å². The minimum Gasteiger partial charge on any atom is -0.481 e. The number of ether oxygens (including phenoxy) is 1. The number of hydrogen-bond donors (Lipinski definition) is 1. The molecular formula is C13H24N2O4. The number of carbonyl (C=O) groups is 2. The summed E-state index contributed by atoms with van der Waals surface area (Å²) in [4.78, 5) is 27.0. The summed E-state index contributed by atoms with van der Waals surface area (Å²) in [6.45, 7) is 7.36. The molecule has 1 unspecified atom stereocenters. The highest BCUT2D eigenvalue weighted by Gasteiger charge is 2.43. The van der Waals surface area contributed by atoms with Gasteiger partial charge in [0, 0.05) is 32.8 Å². The lowest BCUT2D eigenvalue weighted by molar-refractivity contribution is -0.147. The topological polar surface area (TPSA) is 70.1 Å². The van der Waals surface area contributed by atoms with E-state index in [9.17, 15) is 14.7 Å². The average molecular weight is 272 g/mol. The van der Waals surface area contributed by atoms with Gasteiger partial charge in [0.2, 0.25) is 0 Å². The fourth-order valence-electron chi connectivity index (χ4n) is 2.24. The Kier molecular flexibility index (Phi) is 5.17. The second-order valence-corrected chi connectivity index (χ2v) is 5.60. The molecule has 1 N–H and O–H groups in total. The van der Waals surface area contributed by atoms with E-state index < -0.39 is 11.4 Å².